The van der Waals surface area contributed by atoms with Gasteiger partial charge in [0.2, 0.25) is 0 Å². The highest BCUT2D eigenvalue weighted by atomic mass is 35.5. The minimum atomic E-state index is -0.560. The molecule has 2 rings (SSSR count). The predicted molar refractivity (Wildman–Crippen MR) is 70.7 cm³/mol. The summed E-state index contributed by atoms with van der Waals surface area (Å²) in [6.45, 7) is 1.75. The lowest BCUT2D eigenvalue weighted by molar-refractivity contribution is 0.102. The van der Waals surface area contributed by atoms with Crippen molar-refractivity contribution in [3.63, 3.8) is 0 Å². The second-order valence-electron chi connectivity index (χ2n) is 3.90. The number of H-pyrrole nitrogens is 1. The van der Waals surface area contributed by atoms with Crippen LogP contribution in [0.5, 0.6) is 5.88 Å². The van der Waals surface area contributed by atoms with Crippen LogP contribution in [0, 0.1) is 6.92 Å². The van der Waals surface area contributed by atoms with Crippen LogP contribution >= 0.6 is 11.6 Å². The zero-order chi connectivity index (χ0) is 14.0. The number of aromatic nitrogens is 2. The van der Waals surface area contributed by atoms with E-state index in [9.17, 15) is 14.7 Å². The molecule has 3 N–H and O–H groups in total. The van der Waals surface area contributed by atoms with Gasteiger partial charge in [-0.15, -0.1) is 0 Å². The second kappa shape index (κ2) is 5.11. The third-order valence-corrected chi connectivity index (χ3v) is 2.76. The molecule has 0 aliphatic heterocycles. The lowest BCUT2D eigenvalue weighted by atomic mass is 10.2. The molecule has 0 bridgehead atoms. The molecule has 0 atom stereocenters. The van der Waals surface area contributed by atoms with Crippen LogP contribution in [0.2, 0.25) is 5.15 Å². The quantitative estimate of drug-likeness (QED) is 0.729. The predicted octanol–water partition coefficient (Wildman–Crippen LogP) is 1.69. The number of aromatic amines is 1. The first kappa shape index (κ1) is 13.1. The van der Waals surface area contributed by atoms with E-state index in [4.69, 9.17) is 11.6 Å². The highest BCUT2D eigenvalue weighted by molar-refractivity contribution is 6.30. The Morgan fingerprint density at radius 1 is 1.42 bits per heavy atom. The summed E-state index contributed by atoms with van der Waals surface area (Å²) in [6, 6.07) is 3.90. The molecule has 2 heterocycles. The van der Waals surface area contributed by atoms with Gasteiger partial charge in [-0.1, -0.05) is 11.6 Å². The van der Waals surface area contributed by atoms with Gasteiger partial charge >= 0.3 is 0 Å². The van der Waals surface area contributed by atoms with Gasteiger partial charge in [0, 0.05) is 12.1 Å². The van der Waals surface area contributed by atoms with Gasteiger partial charge in [-0.25, -0.2) is 4.98 Å². The molecular weight excluding hydrogens is 270 g/mol. The Bertz CT molecular complexity index is 697. The average Bonchev–Trinajstić information content (AvgIpc) is 2.32. The number of aromatic hydroxyl groups is 1. The van der Waals surface area contributed by atoms with Gasteiger partial charge in [0.1, 0.15) is 5.15 Å². The molecule has 0 radical (unpaired) electrons. The third kappa shape index (κ3) is 3.11. The van der Waals surface area contributed by atoms with Crippen LogP contribution in [-0.2, 0) is 0 Å². The largest absolute Gasteiger partial charge is 0.494 e. The fraction of sp³-hybridized carbons (Fsp3) is 0.0833. The summed E-state index contributed by atoms with van der Waals surface area (Å²) in [5.41, 5.74) is 0.657. The number of halogens is 1. The minimum Gasteiger partial charge on any atom is -0.494 e. The van der Waals surface area contributed by atoms with Crippen molar-refractivity contribution in [1.29, 1.82) is 0 Å². The van der Waals surface area contributed by atoms with Crippen LogP contribution in [0.25, 0.3) is 0 Å². The number of carbonyl (C=O) groups is 1. The minimum absolute atomic E-state index is 0.0499. The zero-order valence-corrected chi connectivity index (χ0v) is 10.7. The molecule has 0 fully saturated rings. The standard InChI is InChI=1S/C12H10ClN3O3/c1-6-2-8(5-14-11(6)13)15-12(19)7-3-9(17)16-10(18)4-7/h2-5H,1H3,(H,15,19)(H2,16,17,18). The lowest BCUT2D eigenvalue weighted by Crippen LogP contribution is -2.16. The average molecular weight is 280 g/mol. The van der Waals surface area contributed by atoms with Crippen LogP contribution in [0.3, 0.4) is 0 Å². The lowest BCUT2D eigenvalue weighted by Gasteiger charge is -2.06. The summed E-state index contributed by atoms with van der Waals surface area (Å²) in [4.78, 5) is 29.1. The number of rotatable bonds is 2. The van der Waals surface area contributed by atoms with Crippen LogP contribution in [0.4, 0.5) is 5.69 Å². The van der Waals surface area contributed by atoms with Crippen LogP contribution < -0.4 is 10.9 Å². The van der Waals surface area contributed by atoms with E-state index in [0.717, 1.165) is 12.1 Å². The van der Waals surface area contributed by atoms with Gasteiger partial charge in [0.15, 0.2) is 5.88 Å². The molecule has 0 spiro atoms. The smallest absolute Gasteiger partial charge is 0.256 e. The summed E-state index contributed by atoms with van der Waals surface area (Å²) >= 11 is 5.77. The van der Waals surface area contributed by atoms with Crippen molar-refractivity contribution in [2.75, 3.05) is 5.32 Å². The topological polar surface area (TPSA) is 95.1 Å². The van der Waals surface area contributed by atoms with Crippen molar-refractivity contribution in [2.45, 2.75) is 6.92 Å². The number of nitrogens with one attached hydrogen (secondary N) is 2. The first-order valence-electron chi connectivity index (χ1n) is 5.32. The Balaban J connectivity index is 2.25. The molecule has 2 aromatic rings. The van der Waals surface area contributed by atoms with Crippen molar-refractivity contribution in [1.82, 2.24) is 9.97 Å². The molecule has 2 aromatic heterocycles. The summed E-state index contributed by atoms with van der Waals surface area (Å²) < 4.78 is 0. The fourth-order valence-electron chi connectivity index (χ4n) is 1.49. The van der Waals surface area contributed by atoms with Crippen molar-refractivity contribution in [3.8, 4) is 5.88 Å². The molecule has 98 valence electrons. The van der Waals surface area contributed by atoms with E-state index in [0.29, 0.717) is 16.4 Å². The Kier molecular flexibility index (Phi) is 3.52. The van der Waals surface area contributed by atoms with E-state index >= 15 is 0 Å². The molecule has 1 amide bonds. The first-order chi connectivity index (χ1) is 8.95. The van der Waals surface area contributed by atoms with Gasteiger partial charge in [-0.3, -0.25) is 14.6 Å². The Morgan fingerprint density at radius 2 is 2.16 bits per heavy atom. The van der Waals surface area contributed by atoms with Gasteiger partial charge in [0.05, 0.1) is 17.4 Å². The molecule has 19 heavy (non-hydrogen) atoms. The molecular formula is C12H10ClN3O3. The highest BCUT2D eigenvalue weighted by Crippen LogP contribution is 2.17. The van der Waals surface area contributed by atoms with E-state index in [1.807, 2.05) is 0 Å². The molecule has 7 heteroatoms. The fourth-order valence-corrected chi connectivity index (χ4v) is 1.59. The Morgan fingerprint density at radius 3 is 2.79 bits per heavy atom. The Hall–Kier alpha value is -2.34. The van der Waals surface area contributed by atoms with Gasteiger partial charge in [-0.2, -0.15) is 0 Å². The molecule has 0 saturated heterocycles. The number of aryl methyl sites for hydroxylation is 1. The number of amides is 1. The number of hydrogen-bond acceptors (Lipinski definition) is 4. The molecule has 6 nitrogen and oxygen atoms in total. The summed E-state index contributed by atoms with van der Waals surface area (Å²) in [6.07, 6.45) is 1.40. The van der Waals surface area contributed by atoms with Crippen molar-refractivity contribution >= 4 is 23.2 Å². The summed E-state index contributed by atoms with van der Waals surface area (Å²) in [5.74, 6) is -0.895. The number of hydrogen-bond donors (Lipinski definition) is 3. The van der Waals surface area contributed by atoms with Gasteiger partial charge in [0.25, 0.3) is 11.5 Å². The van der Waals surface area contributed by atoms with Crippen LogP contribution in [0.15, 0.2) is 29.2 Å². The number of nitrogens with zero attached hydrogens (tertiary/aromatic N) is 1. The monoisotopic (exact) mass is 279 g/mol. The number of pyridine rings is 2. The second-order valence-corrected chi connectivity index (χ2v) is 4.26. The van der Waals surface area contributed by atoms with Gasteiger partial charge in [-0.05, 0) is 18.6 Å². The molecule has 0 aliphatic carbocycles. The van der Waals surface area contributed by atoms with E-state index in [1.165, 1.54) is 6.20 Å². The van der Waals surface area contributed by atoms with Crippen LogP contribution in [-0.4, -0.2) is 21.0 Å². The van der Waals surface area contributed by atoms with E-state index < -0.39 is 11.5 Å². The van der Waals surface area contributed by atoms with Gasteiger partial charge < -0.3 is 10.4 Å². The maximum Gasteiger partial charge on any atom is 0.256 e. The van der Waals surface area contributed by atoms with E-state index in [-0.39, 0.29) is 11.4 Å². The first-order valence-corrected chi connectivity index (χ1v) is 5.70. The SMILES string of the molecule is Cc1cc(NC(=O)c2cc(O)[nH]c(=O)c2)cnc1Cl. The molecule has 0 aliphatic rings. The number of carbonyl (C=O) groups excluding carboxylic acids is 1. The molecule has 0 aromatic carbocycles. The molecule has 0 saturated carbocycles. The summed E-state index contributed by atoms with van der Waals surface area (Å²) in [7, 11) is 0. The Labute approximate surface area is 113 Å². The zero-order valence-electron chi connectivity index (χ0n) is 9.90. The maximum atomic E-state index is 11.9. The normalized spacial score (nSPS) is 10.2. The van der Waals surface area contributed by atoms with E-state index in [2.05, 4.69) is 15.3 Å². The highest BCUT2D eigenvalue weighted by Gasteiger charge is 2.09. The van der Waals surface area contributed by atoms with Crippen molar-refractivity contribution < 1.29 is 9.90 Å². The van der Waals surface area contributed by atoms with Crippen LogP contribution in [0.1, 0.15) is 15.9 Å². The maximum absolute atomic E-state index is 11.9. The molecule has 0 unspecified atom stereocenters. The van der Waals surface area contributed by atoms with E-state index in [1.54, 1.807) is 13.0 Å². The van der Waals surface area contributed by atoms with Crippen molar-refractivity contribution in [2.24, 2.45) is 0 Å². The number of anilines is 1. The van der Waals surface area contributed by atoms with Crippen molar-refractivity contribution in [3.05, 3.63) is 51.0 Å². The third-order valence-electron chi connectivity index (χ3n) is 2.36. The summed E-state index contributed by atoms with van der Waals surface area (Å²) in [5, 5.41) is 12.1.